The molecule has 0 bridgehead atoms. The molecule has 0 N–H and O–H groups in total. The molecule has 0 aromatic heterocycles. The molecule has 31 heavy (non-hydrogen) atoms. The molecular weight excluding hydrogens is 446 g/mol. The first-order chi connectivity index (χ1) is 14.7. The number of nitro groups is 1. The molecular formula is C20H20ClN3O6S. The van der Waals surface area contributed by atoms with E-state index in [2.05, 4.69) is 0 Å². The highest BCUT2D eigenvalue weighted by atomic mass is 35.5. The van der Waals surface area contributed by atoms with Gasteiger partial charge in [-0.25, -0.2) is 8.42 Å². The molecule has 0 aliphatic carbocycles. The number of carbonyl (C=O) groups excluding carboxylic acids is 1. The molecule has 0 radical (unpaired) electrons. The number of piperidine rings is 1. The molecule has 0 saturated carbocycles. The minimum atomic E-state index is -3.74. The number of likely N-dealkylation sites (tertiary alicyclic amines) is 1. The molecule has 11 heteroatoms. The summed E-state index contributed by atoms with van der Waals surface area (Å²) in [5.74, 6) is -0.370. The lowest BCUT2D eigenvalue weighted by molar-refractivity contribution is -0.384. The Morgan fingerprint density at radius 2 is 1.77 bits per heavy atom. The van der Waals surface area contributed by atoms with Crippen molar-refractivity contribution >= 4 is 33.2 Å². The van der Waals surface area contributed by atoms with Crippen molar-refractivity contribution in [2.75, 3.05) is 26.2 Å². The monoisotopic (exact) mass is 465 g/mol. The number of nitro benzene ring substituents is 1. The average molecular weight is 466 g/mol. The Bertz CT molecular complexity index is 1120. The van der Waals surface area contributed by atoms with Crippen LogP contribution in [-0.4, -0.2) is 60.4 Å². The van der Waals surface area contributed by atoms with Gasteiger partial charge in [0.15, 0.2) is 0 Å². The lowest BCUT2D eigenvalue weighted by atomic mass is 10.00. The van der Waals surface area contributed by atoms with E-state index in [9.17, 15) is 23.3 Å². The van der Waals surface area contributed by atoms with Gasteiger partial charge in [0.2, 0.25) is 10.0 Å². The number of hydrogen-bond donors (Lipinski definition) is 0. The Morgan fingerprint density at radius 1 is 1.10 bits per heavy atom. The standard InChI is InChI=1S/C20H20ClN3O6S/c21-17-7-6-15(14-18(17)24(26)27)19(25)22-10-8-20(9-11-22)23(12-13-30-20)31(28,29)16-4-2-1-3-5-16/h1-7,14H,8-13H2. The summed E-state index contributed by atoms with van der Waals surface area (Å²) in [4.78, 5) is 25.1. The van der Waals surface area contributed by atoms with E-state index in [-0.39, 0.29) is 53.3 Å². The van der Waals surface area contributed by atoms with Crippen LogP contribution in [0.1, 0.15) is 23.2 Å². The van der Waals surface area contributed by atoms with Crippen molar-refractivity contribution in [2.45, 2.75) is 23.5 Å². The fourth-order valence-corrected chi connectivity index (χ4v) is 6.00. The first-order valence-corrected chi connectivity index (χ1v) is 11.5. The number of carbonyl (C=O) groups is 1. The molecule has 2 saturated heterocycles. The topological polar surface area (TPSA) is 110 Å². The second-order valence-electron chi connectivity index (χ2n) is 7.40. The second kappa shape index (κ2) is 8.19. The zero-order chi connectivity index (χ0) is 22.2. The molecule has 1 amide bonds. The highest BCUT2D eigenvalue weighted by Crippen LogP contribution is 2.38. The van der Waals surface area contributed by atoms with Gasteiger partial charge in [-0.2, -0.15) is 4.31 Å². The zero-order valence-electron chi connectivity index (χ0n) is 16.4. The maximum absolute atomic E-state index is 13.2. The Morgan fingerprint density at radius 3 is 2.42 bits per heavy atom. The van der Waals surface area contributed by atoms with Crippen molar-refractivity contribution < 1.29 is 22.9 Å². The minimum Gasteiger partial charge on any atom is -0.358 e. The van der Waals surface area contributed by atoms with Crippen LogP contribution in [0, 0.1) is 10.1 Å². The van der Waals surface area contributed by atoms with E-state index >= 15 is 0 Å². The number of sulfonamides is 1. The van der Waals surface area contributed by atoms with Gasteiger partial charge >= 0.3 is 0 Å². The van der Waals surface area contributed by atoms with E-state index in [0.717, 1.165) is 6.07 Å². The van der Waals surface area contributed by atoms with Gasteiger partial charge in [-0.05, 0) is 24.3 Å². The average Bonchev–Trinajstić information content (AvgIpc) is 3.18. The fourth-order valence-electron chi connectivity index (χ4n) is 4.07. The Labute approximate surface area is 184 Å². The smallest absolute Gasteiger partial charge is 0.288 e. The maximum Gasteiger partial charge on any atom is 0.288 e. The Balaban J connectivity index is 1.52. The SMILES string of the molecule is O=C(c1ccc(Cl)c([N+](=O)[O-])c1)N1CCC2(CC1)OCCN2S(=O)(=O)c1ccccc1. The zero-order valence-corrected chi connectivity index (χ0v) is 18.0. The second-order valence-corrected chi connectivity index (χ2v) is 9.67. The van der Waals surface area contributed by atoms with E-state index < -0.39 is 20.7 Å². The molecule has 9 nitrogen and oxygen atoms in total. The number of amides is 1. The summed E-state index contributed by atoms with van der Waals surface area (Å²) < 4.78 is 33.6. The maximum atomic E-state index is 13.2. The third kappa shape index (κ3) is 3.91. The summed E-state index contributed by atoms with van der Waals surface area (Å²) in [7, 11) is -3.74. The van der Waals surface area contributed by atoms with Crippen LogP contribution in [0.3, 0.4) is 0 Å². The van der Waals surface area contributed by atoms with Gasteiger partial charge in [-0.1, -0.05) is 29.8 Å². The van der Waals surface area contributed by atoms with Crippen LogP contribution in [0.5, 0.6) is 0 Å². The van der Waals surface area contributed by atoms with Gasteiger partial charge < -0.3 is 9.64 Å². The number of rotatable bonds is 4. The number of halogens is 1. The minimum absolute atomic E-state index is 0.0414. The highest BCUT2D eigenvalue weighted by molar-refractivity contribution is 7.89. The van der Waals surface area contributed by atoms with Gasteiger partial charge in [-0.15, -0.1) is 0 Å². The van der Waals surface area contributed by atoms with Crippen LogP contribution in [0.15, 0.2) is 53.4 Å². The van der Waals surface area contributed by atoms with Crippen molar-refractivity contribution in [3.8, 4) is 0 Å². The van der Waals surface area contributed by atoms with E-state index in [1.807, 2.05) is 0 Å². The molecule has 0 atom stereocenters. The predicted molar refractivity (Wildman–Crippen MR) is 112 cm³/mol. The van der Waals surface area contributed by atoms with E-state index in [1.54, 1.807) is 35.2 Å². The van der Waals surface area contributed by atoms with Crippen LogP contribution >= 0.6 is 11.6 Å². The van der Waals surface area contributed by atoms with E-state index in [1.165, 1.54) is 16.4 Å². The van der Waals surface area contributed by atoms with Crippen LogP contribution < -0.4 is 0 Å². The van der Waals surface area contributed by atoms with Gasteiger partial charge in [-0.3, -0.25) is 14.9 Å². The normalized spacial score (nSPS) is 18.9. The van der Waals surface area contributed by atoms with Gasteiger partial charge in [0.05, 0.1) is 16.4 Å². The third-order valence-electron chi connectivity index (χ3n) is 5.67. The van der Waals surface area contributed by atoms with Gasteiger partial charge in [0.25, 0.3) is 11.6 Å². The van der Waals surface area contributed by atoms with Crippen molar-refractivity contribution in [1.29, 1.82) is 0 Å². The number of nitrogens with zero attached hydrogens (tertiary/aromatic N) is 3. The Hall–Kier alpha value is -2.53. The molecule has 4 rings (SSSR count). The van der Waals surface area contributed by atoms with E-state index in [0.29, 0.717) is 12.8 Å². The predicted octanol–water partition coefficient (Wildman–Crippen LogP) is 2.90. The number of ether oxygens (including phenoxy) is 1. The van der Waals surface area contributed by atoms with Gasteiger partial charge in [0, 0.05) is 44.1 Å². The summed E-state index contributed by atoms with van der Waals surface area (Å²) in [6, 6.07) is 12.1. The summed E-state index contributed by atoms with van der Waals surface area (Å²) in [6.07, 6.45) is 0.612. The van der Waals surface area contributed by atoms with Crippen LogP contribution in [0.4, 0.5) is 5.69 Å². The van der Waals surface area contributed by atoms with Crippen molar-refractivity contribution in [3.63, 3.8) is 0 Å². The third-order valence-corrected chi connectivity index (χ3v) is 7.96. The van der Waals surface area contributed by atoms with Crippen LogP contribution in [0.2, 0.25) is 5.02 Å². The molecule has 0 unspecified atom stereocenters. The van der Waals surface area contributed by atoms with Crippen LogP contribution in [0.25, 0.3) is 0 Å². The van der Waals surface area contributed by atoms with E-state index in [4.69, 9.17) is 16.3 Å². The van der Waals surface area contributed by atoms with Crippen molar-refractivity contribution in [3.05, 3.63) is 69.2 Å². The summed E-state index contributed by atoms with van der Waals surface area (Å²) in [5, 5.41) is 11.1. The van der Waals surface area contributed by atoms with Crippen molar-refractivity contribution in [2.24, 2.45) is 0 Å². The summed E-state index contributed by atoms with van der Waals surface area (Å²) >= 11 is 5.83. The highest BCUT2D eigenvalue weighted by Gasteiger charge is 2.51. The largest absolute Gasteiger partial charge is 0.358 e. The summed E-state index contributed by atoms with van der Waals surface area (Å²) in [6.45, 7) is 1.05. The lowest BCUT2D eigenvalue weighted by Gasteiger charge is -2.42. The van der Waals surface area contributed by atoms with Crippen molar-refractivity contribution in [1.82, 2.24) is 9.21 Å². The molecule has 2 heterocycles. The molecule has 2 aromatic rings. The Kier molecular flexibility index (Phi) is 5.73. The quantitative estimate of drug-likeness (QED) is 0.507. The van der Waals surface area contributed by atoms with Crippen LogP contribution in [-0.2, 0) is 14.8 Å². The molecule has 164 valence electrons. The number of benzene rings is 2. The lowest BCUT2D eigenvalue weighted by Crippen LogP contribution is -2.55. The first kappa shape index (κ1) is 21.7. The first-order valence-electron chi connectivity index (χ1n) is 9.70. The molecule has 2 aliphatic heterocycles. The molecule has 1 spiro atoms. The fraction of sp³-hybridized carbons (Fsp3) is 0.350. The summed E-state index contributed by atoms with van der Waals surface area (Å²) in [5.41, 5.74) is -1.18. The molecule has 2 fully saturated rings. The molecule has 2 aliphatic rings. The molecule has 2 aromatic carbocycles. The number of hydrogen-bond acceptors (Lipinski definition) is 6. The van der Waals surface area contributed by atoms with Gasteiger partial charge in [0.1, 0.15) is 10.7 Å².